The van der Waals surface area contributed by atoms with Crippen LogP contribution in [0.2, 0.25) is 0 Å². The van der Waals surface area contributed by atoms with Crippen LogP contribution in [0.4, 0.5) is 5.13 Å². The van der Waals surface area contributed by atoms with E-state index in [0.29, 0.717) is 13.0 Å². The lowest BCUT2D eigenvalue weighted by atomic mass is 10.3. The molecule has 8 heteroatoms. The van der Waals surface area contributed by atoms with E-state index in [9.17, 15) is 4.79 Å². The average Bonchev–Trinajstić information content (AvgIpc) is 3.14. The van der Waals surface area contributed by atoms with Crippen molar-refractivity contribution in [3.05, 3.63) is 46.9 Å². The summed E-state index contributed by atoms with van der Waals surface area (Å²) < 4.78 is 7.29. The molecular formula is C22H26BrN3O2S2. The maximum atomic E-state index is 13.0. The van der Waals surface area contributed by atoms with Crippen molar-refractivity contribution in [2.75, 3.05) is 44.9 Å². The molecule has 0 saturated carbocycles. The minimum Gasteiger partial charge on any atom is -0.497 e. The number of methoxy groups -OCH3 is 1. The third-order valence-corrected chi connectivity index (χ3v) is 7.14. The first-order valence-electron chi connectivity index (χ1n) is 9.74. The number of thioether (sulfide) groups is 1. The number of hydrogen-bond acceptors (Lipinski definition) is 6. The summed E-state index contributed by atoms with van der Waals surface area (Å²) in [5.41, 5.74) is 0.927. The van der Waals surface area contributed by atoms with Crippen LogP contribution in [0.3, 0.4) is 0 Å². The first kappa shape index (κ1) is 23.1. The predicted octanol–water partition coefficient (Wildman–Crippen LogP) is 5.53. The van der Waals surface area contributed by atoms with Gasteiger partial charge in [0.1, 0.15) is 5.75 Å². The van der Waals surface area contributed by atoms with Gasteiger partial charge in [0, 0.05) is 28.9 Å². The minimum atomic E-state index is 0.130. The van der Waals surface area contributed by atoms with Gasteiger partial charge in [0.25, 0.3) is 0 Å². The number of anilines is 1. The summed E-state index contributed by atoms with van der Waals surface area (Å²) in [5, 5.41) is 0.776. The summed E-state index contributed by atoms with van der Waals surface area (Å²) in [6.45, 7) is 1.43. The number of carbonyl (C=O) groups is 1. The Balaban J connectivity index is 1.61. The highest BCUT2D eigenvalue weighted by Gasteiger charge is 2.19. The van der Waals surface area contributed by atoms with Gasteiger partial charge in [-0.3, -0.25) is 9.69 Å². The van der Waals surface area contributed by atoms with Crippen molar-refractivity contribution in [2.24, 2.45) is 0 Å². The van der Waals surface area contributed by atoms with Crippen molar-refractivity contribution >= 4 is 60.3 Å². The molecule has 0 aliphatic rings. The lowest BCUT2D eigenvalue weighted by molar-refractivity contribution is -0.118. The fourth-order valence-corrected chi connectivity index (χ4v) is 5.26. The number of aromatic nitrogens is 1. The predicted molar refractivity (Wildman–Crippen MR) is 131 cm³/mol. The van der Waals surface area contributed by atoms with Crippen LogP contribution in [0.1, 0.15) is 12.8 Å². The van der Waals surface area contributed by atoms with Gasteiger partial charge >= 0.3 is 0 Å². The molecule has 0 fully saturated rings. The van der Waals surface area contributed by atoms with Crippen LogP contribution >= 0.6 is 39.0 Å². The first-order chi connectivity index (χ1) is 14.5. The van der Waals surface area contributed by atoms with Crippen LogP contribution in [0.5, 0.6) is 5.75 Å². The van der Waals surface area contributed by atoms with Gasteiger partial charge in [-0.25, -0.2) is 4.98 Å². The molecule has 1 aromatic heterocycles. The summed E-state index contributed by atoms with van der Waals surface area (Å²) in [5.74, 6) is 1.88. The second-order valence-corrected chi connectivity index (χ2v) is 10.2. The molecule has 160 valence electrons. The molecule has 0 radical (unpaired) electrons. The Hall–Kier alpha value is -1.61. The van der Waals surface area contributed by atoms with E-state index in [-0.39, 0.29) is 5.91 Å². The maximum absolute atomic E-state index is 13.0. The van der Waals surface area contributed by atoms with Gasteiger partial charge in [0.2, 0.25) is 5.91 Å². The van der Waals surface area contributed by atoms with Crippen molar-refractivity contribution in [3.63, 3.8) is 0 Å². The van der Waals surface area contributed by atoms with E-state index in [2.05, 4.69) is 26.9 Å². The molecular weight excluding hydrogens is 482 g/mol. The van der Waals surface area contributed by atoms with Gasteiger partial charge in [-0.2, -0.15) is 0 Å². The molecule has 0 bridgehead atoms. The van der Waals surface area contributed by atoms with Gasteiger partial charge in [-0.15, -0.1) is 11.8 Å². The first-order valence-corrected chi connectivity index (χ1v) is 12.3. The highest BCUT2D eigenvalue weighted by atomic mass is 79.9. The molecule has 30 heavy (non-hydrogen) atoms. The second kappa shape index (κ2) is 11.1. The Morgan fingerprint density at radius 1 is 1.17 bits per heavy atom. The summed E-state index contributed by atoms with van der Waals surface area (Å²) in [6, 6.07) is 14.0. The van der Waals surface area contributed by atoms with E-state index < -0.39 is 0 Å². The summed E-state index contributed by atoms with van der Waals surface area (Å²) in [4.78, 5) is 22.9. The third-order valence-electron chi connectivity index (χ3n) is 4.51. The van der Waals surface area contributed by atoms with Crippen LogP contribution in [0.15, 0.2) is 51.8 Å². The number of ether oxygens (including phenoxy) is 1. The Kier molecular flexibility index (Phi) is 8.56. The highest BCUT2D eigenvalue weighted by molar-refractivity contribution is 9.10. The van der Waals surface area contributed by atoms with Crippen molar-refractivity contribution in [1.29, 1.82) is 0 Å². The van der Waals surface area contributed by atoms with E-state index in [1.54, 1.807) is 30.2 Å². The monoisotopic (exact) mass is 507 g/mol. The fraction of sp³-hybridized carbons (Fsp3) is 0.364. The van der Waals surface area contributed by atoms with Crippen molar-refractivity contribution in [1.82, 2.24) is 9.88 Å². The van der Waals surface area contributed by atoms with Crippen LogP contribution < -0.4 is 9.64 Å². The molecule has 0 aliphatic heterocycles. The van der Waals surface area contributed by atoms with Crippen LogP contribution in [-0.4, -0.2) is 55.8 Å². The topological polar surface area (TPSA) is 45.7 Å². The number of benzene rings is 2. The van der Waals surface area contributed by atoms with Crippen LogP contribution in [0.25, 0.3) is 10.2 Å². The molecule has 3 rings (SSSR count). The van der Waals surface area contributed by atoms with E-state index in [0.717, 1.165) is 44.3 Å². The van der Waals surface area contributed by atoms with Crippen molar-refractivity contribution < 1.29 is 9.53 Å². The number of carbonyl (C=O) groups excluding carboxylic acids is 1. The summed E-state index contributed by atoms with van der Waals surface area (Å²) in [6.07, 6.45) is 1.33. The van der Waals surface area contributed by atoms with Crippen molar-refractivity contribution in [3.8, 4) is 5.75 Å². The molecule has 0 atom stereocenters. The lowest BCUT2D eigenvalue weighted by Gasteiger charge is -2.22. The Labute approximate surface area is 194 Å². The Morgan fingerprint density at radius 3 is 2.63 bits per heavy atom. The normalized spacial score (nSPS) is 11.2. The zero-order chi connectivity index (χ0) is 21.5. The molecule has 0 unspecified atom stereocenters. The van der Waals surface area contributed by atoms with Crippen LogP contribution in [-0.2, 0) is 4.79 Å². The minimum absolute atomic E-state index is 0.130. The Bertz CT molecular complexity index is 976. The summed E-state index contributed by atoms with van der Waals surface area (Å²) in [7, 11) is 5.70. The third kappa shape index (κ3) is 6.44. The van der Waals surface area contributed by atoms with E-state index in [1.165, 1.54) is 4.90 Å². The van der Waals surface area contributed by atoms with Gasteiger partial charge in [0.15, 0.2) is 5.13 Å². The van der Waals surface area contributed by atoms with Crippen LogP contribution in [0, 0.1) is 0 Å². The number of amides is 1. The molecule has 0 N–H and O–H groups in total. The van der Waals surface area contributed by atoms with Gasteiger partial charge in [-0.1, -0.05) is 27.3 Å². The number of halogens is 1. The van der Waals surface area contributed by atoms with Gasteiger partial charge < -0.3 is 9.64 Å². The molecule has 0 spiro atoms. The number of likely N-dealkylation sites (N-methyl/N-ethyl adjacent to an activating group) is 1. The van der Waals surface area contributed by atoms with E-state index in [4.69, 9.17) is 9.72 Å². The number of hydrogen-bond donors (Lipinski definition) is 0. The number of thiazole rings is 1. The Morgan fingerprint density at radius 2 is 1.93 bits per heavy atom. The number of fused-ring (bicyclic) bond motifs is 1. The maximum Gasteiger partial charge on any atom is 0.228 e. The second-order valence-electron chi connectivity index (χ2n) is 7.08. The van der Waals surface area contributed by atoms with E-state index >= 15 is 0 Å². The zero-order valence-electron chi connectivity index (χ0n) is 17.4. The average molecular weight is 509 g/mol. The SMILES string of the molecule is COc1ccc(SCCCC(=O)N(CCN(C)C)c2nc3ccc(Br)cc3s2)cc1. The summed E-state index contributed by atoms with van der Waals surface area (Å²) >= 11 is 6.84. The fourth-order valence-electron chi connectivity index (χ4n) is 2.85. The largest absolute Gasteiger partial charge is 0.497 e. The van der Waals surface area contributed by atoms with Gasteiger partial charge in [-0.05, 0) is 68.7 Å². The molecule has 2 aromatic carbocycles. The zero-order valence-corrected chi connectivity index (χ0v) is 20.6. The smallest absolute Gasteiger partial charge is 0.228 e. The quantitative estimate of drug-likeness (QED) is 0.266. The lowest BCUT2D eigenvalue weighted by Crippen LogP contribution is -2.36. The molecule has 0 aliphatic carbocycles. The number of nitrogens with zero attached hydrogens (tertiary/aromatic N) is 3. The number of rotatable bonds is 10. The van der Waals surface area contributed by atoms with Crippen molar-refractivity contribution in [2.45, 2.75) is 17.7 Å². The highest BCUT2D eigenvalue weighted by Crippen LogP contribution is 2.31. The molecule has 3 aromatic rings. The standard InChI is InChI=1S/C22H26BrN3O2S2/c1-25(2)12-13-26(22-24-19-11-6-16(23)15-20(19)30-22)21(27)5-4-14-29-18-9-7-17(28-3)8-10-18/h6-11,15H,4-5,12-14H2,1-3H3. The molecule has 0 saturated heterocycles. The molecule has 5 nitrogen and oxygen atoms in total. The van der Waals surface area contributed by atoms with Gasteiger partial charge in [0.05, 0.1) is 17.3 Å². The molecule has 1 heterocycles. The van der Waals surface area contributed by atoms with E-state index in [1.807, 2.05) is 55.4 Å². The molecule has 1 amide bonds.